The quantitative estimate of drug-likeness (QED) is 0.844. The van der Waals surface area contributed by atoms with Crippen molar-refractivity contribution in [2.24, 2.45) is 0 Å². The summed E-state index contributed by atoms with van der Waals surface area (Å²) < 4.78 is 1.60. The van der Waals surface area contributed by atoms with Gasteiger partial charge in [0.25, 0.3) is 5.95 Å². The molecular weight excluding hydrogens is 268 g/mol. The molecule has 2 aromatic rings. The Kier molecular flexibility index (Phi) is 3.64. The summed E-state index contributed by atoms with van der Waals surface area (Å²) in [5.41, 5.74) is 0. The monoisotopic (exact) mass is 284 g/mol. The zero-order valence-electron chi connectivity index (χ0n) is 11.8. The van der Waals surface area contributed by atoms with Gasteiger partial charge in [0.15, 0.2) is 0 Å². The van der Waals surface area contributed by atoms with E-state index in [0.717, 1.165) is 12.8 Å². The number of hydrogen-bond donors (Lipinski definition) is 1. The largest absolute Gasteiger partial charge is 0.357 e. The molecule has 0 atom stereocenters. The van der Waals surface area contributed by atoms with Crippen molar-refractivity contribution < 1.29 is 0 Å². The fourth-order valence-corrected chi connectivity index (χ4v) is 2.09. The van der Waals surface area contributed by atoms with Crippen LogP contribution in [-0.4, -0.2) is 44.4 Å². The maximum absolute atomic E-state index is 8.81. The SMILES string of the molecule is CNc1nc(N(CCC#N)C2CC2)nc(-n2cccn2)n1. The van der Waals surface area contributed by atoms with Gasteiger partial charge in [0.1, 0.15) is 0 Å². The van der Waals surface area contributed by atoms with Crippen molar-refractivity contribution in [1.82, 2.24) is 24.7 Å². The van der Waals surface area contributed by atoms with Crippen molar-refractivity contribution in [3.63, 3.8) is 0 Å². The van der Waals surface area contributed by atoms with Crippen LogP contribution in [0.25, 0.3) is 5.95 Å². The first-order chi connectivity index (χ1) is 10.3. The summed E-state index contributed by atoms with van der Waals surface area (Å²) in [6, 6.07) is 4.42. The Bertz CT molecular complexity index is 641. The van der Waals surface area contributed by atoms with Gasteiger partial charge in [-0.15, -0.1) is 0 Å². The molecule has 1 aliphatic carbocycles. The van der Waals surface area contributed by atoms with E-state index in [4.69, 9.17) is 5.26 Å². The minimum Gasteiger partial charge on any atom is -0.357 e. The van der Waals surface area contributed by atoms with Crippen LogP contribution in [0.4, 0.5) is 11.9 Å². The predicted molar refractivity (Wildman–Crippen MR) is 77.1 cm³/mol. The number of anilines is 2. The number of nitrogens with one attached hydrogen (secondary N) is 1. The van der Waals surface area contributed by atoms with E-state index in [2.05, 4.69) is 36.3 Å². The lowest BCUT2D eigenvalue weighted by molar-refractivity contribution is 0.732. The van der Waals surface area contributed by atoms with Crippen molar-refractivity contribution in [2.75, 3.05) is 23.8 Å². The molecule has 0 aromatic carbocycles. The molecule has 0 radical (unpaired) electrons. The minimum atomic E-state index is 0.427. The van der Waals surface area contributed by atoms with E-state index in [9.17, 15) is 0 Å². The standard InChI is InChI=1S/C13H16N8/c1-15-11-17-12(20(8-2-6-14)10-4-5-10)19-13(18-11)21-9-3-7-16-21/h3,7,9-10H,2,4-5,8H2,1H3,(H,15,17,18,19). The van der Waals surface area contributed by atoms with Gasteiger partial charge in [0, 0.05) is 32.0 Å². The summed E-state index contributed by atoms with van der Waals surface area (Å²) in [6.45, 7) is 0.632. The third kappa shape index (κ3) is 2.91. The second-order valence-corrected chi connectivity index (χ2v) is 4.79. The summed E-state index contributed by atoms with van der Waals surface area (Å²) in [4.78, 5) is 15.3. The lowest BCUT2D eigenvalue weighted by Gasteiger charge is -2.21. The van der Waals surface area contributed by atoms with Crippen LogP contribution >= 0.6 is 0 Å². The van der Waals surface area contributed by atoms with Gasteiger partial charge in [-0.2, -0.15) is 25.3 Å². The summed E-state index contributed by atoms with van der Waals surface area (Å²) in [6.07, 6.45) is 6.15. The van der Waals surface area contributed by atoms with Gasteiger partial charge in [0.05, 0.1) is 12.5 Å². The van der Waals surface area contributed by atoms with Crippen LogP contribution in [0.2, 0.25) is 0 Å². The first-order valence-electron chi connectivity index (χ1n) is 6.89. The molecule has 0 unspecified atom stereocenters. The van der Waals surface area contributed by atoms with E-state index < -0.39 is 0 Å². The molecule has 21 heavy (non-hydrogen) atoms. The normalized spacial score (nSPS) is 13.7. The maximum atomic E-state index is 8.81. The van der Waals surface area contributed by atoms with Gasteiger partial charge in [0.2, 0.25) is 11.9 Å². The summed E-state index contributed by atoms with van der Waals surface area (Å²) >= 11 is 0. The average Bonchev–Trinajstić information content (AvgIpc) is 3.20. The topological polar surface area (TPSA) is 95.6 Å². The highest BCUT2D eigenvalue weighted by Crippen LogP contribution is 2.30. The van der Waals surface area contributed by atoms with Gasteiger partial charge >= 0.3 is 0 Å². The number of aromatic nitrogens is 5. The molecule has 2 aromatic heterocycles. The fraction of sp³-hybridized carbons (Fsp3) is 0.462. The Morgan fingerprint density at radius 3 is 2.90 bits per heavy atom. The van der Waals surface area contributed by atoms with Crippen LogP contribution in [-0.2, 0) is 0 Å². The molecule has 1 aliphatic rings. The Hall–Kier alpha value is -2.69. The molecule has 1 N–H and O–H groups in total. The molecular formula is C13H16N8. The molecule has 108 valence electrons. The average molecular weight is 284 g/mol. The Balaban J connectivity index is 1.96. The van der Waals surface area contributed by atoms with Gasteiger partial charge in [-0.05, 0) is 18.9 Å². The highest BCUT2D eigenvalue weighted by atomic mass is 15.4. The number of hydrogen-bond acceptors (Lipinski definition) is 7. The smallest absolute Gasteiger partial charge is 0.257 e. The molecule has 1 fully saturated rings. The van der Waals surface area contributed by atoms with E-state index in [0.29, 0.717) is 36.9 Å². The molecule has 1 saturated carbocycles. The highest BCUT2D eigenvalue weighted by Gasteiger charge is 2.31. The second-order valence-electron chi connectivity index (χ2n) is 4.79. The van der Waals surface area contributed by atoms with Crippen LogP contribution in [0.3, 0.4) is 0 Å². The van der Waals surface area contributed by atoms with Gasteiger partial charge < -0.3 is 10.2 Å². The molecule has 3 rings (SSSR count). The van der Waals surface area contributed by atoms with Crippen LogP contribution in [0.1, 0.15) is 19.3 Å². The van der Waals surface area contributed by atoms with Crippen LogP contribution < -0.4 is 10.2 Å². The number of nitrogens with zero attached hydrogens (tertiary/aromatic N) is 7. The zero-order chi connectivity index (χ0) is 14.7. The van der Waals surface area contributed by atoms with E-state index >= 15 is 0 Å². The number of rotatable bonds is 6. The molecule has 0 bridgehead atoms. The summed E-state index contributed by atoms with van der Waals surface area (Å²) in [5, 5.41) is 15.9. The van der Waals surface area contributed by atoms with Crippen molar-refractivity contribution >= 4 is 11.9 Å². The Morgan fingerprint density at radius 1 is 1.43 bits per heavy atom. The summed E-state index contributed by atoms with van der Waals surface area (Å²) in [7, 11) is 1.77. The lowest BCUT2D eigenvalue weighted by atomic mass is 10.4. The van der Waals surface area contributed by atoms with E-state index in [1.54, 1.807) is 24.1 Å². The predicted octanol–water partition coefficient (Wildman–Crippen LogP) is 0.981. The van der Waals surface area contributed by atoms with Gasteiger partial charge in [-0.3, -0.25) is 0 Å². The van der Waals surface area contributed by atoms with Crippen molar-refractivity contribution in [3.05, 3.63) is 18.5 Å². The zero-order valence-corrected chi connectivity index (χ0v) is 11.8. The molecule has 0 saturated heterocycles. The van der Waals surface area contributed by atoms with Gasteiger partial charge in [-0.25, -0.2) is 4.68 Å². The van der Waals surface area contributed by atoms with Gasteiger partial charge in [-0.1, -0.05) is 0 Å². The number of nitriles is 1. The highest BCUT2D eigenvalue weighted by molar-refractivity contribution is 5.42. The maximum Gasteiger partial charge on any atom is 0.257 e. The van der Waals surface area contributed by atoms with Crippen LogP contribution in [0.15, 0.2) is 18.5 Å². The third-order valence-electron chi connectivity index (χ3n) is 3.25. The first-order valence-corrected chi connectivity index (χ1v) is 6.89. The minimum absolute atomic E-state index is 0.427. The Labute approximate surface area is 122 Å². The molecule has 8 heteroatoms. The van der Waals surface area contributed by atoms with Crippen LogP contribution in [0.5, 0.6) is 0 Å². The van der Waals surface area contributed by atoms with E-state index in [1.165, 1.54) is 0 Å². The third-order valence-corrected chi connectivity index (χ3v) is 3.25. The van der Waals surface area contributed by atoms with E-state index in [1.807, 2.05) is 6.07 Å². The molecule has 2 heterocycles. The molecule has 0 aliphatic heterocycles. The Morgan fingerprint density at radius 2 is 2.29 bits per heavy atom. The molecule has 8 nitrogen and oxygen atoms in total. The van der Waals surface area contributed by atoms with Crippen molar-refractivity contribution in [1.29, 1.82) is 5.26 Å². The molecule has 0 amide bonds. The van der Waals surface area contributed by atoms with Crippen molar-refractivity contribution in [2.45, 2.75) is 25.3 Å². The molecule has 0 spiro atoms. The van der Waals surface area contributed by atoms with E-state index in [-0.39, 0.29) is 0 Å². The second kappa shape index (κ2) is 5.75. The van der Waals surface area contributed by atoms with Crippen molar-refractivity contribution in [3.8, 4) is 12.0 Å². The lowest BCUT2D eigenvalue weighted by Crippen LogP contribution is -2.29. The first kappa shape index (κ1) is 13.3. The van der Waals surface area contributed by atoms with Crippen LogP contribution in [0, 0.1) is 11.3 Å². The summed E-state index contributed by atoms with van der Waals surface area (Å²) in [5.74, 6) is 1.56. The fourth-order valence-electron chi connectivity index (χ4n) is 2.09.